The smallest absolute Gasteiger partial charge is 0.420 e. The minimum atomic E-state index is -4.84. The van der Waals surface area contributed by atoms with Crippen molar-refractivity contribution in [3.8, 4) is 5.75 Å². The highest BCUT2D eigenvalue weighted by Crippen LogP contribution is 2.44. The van der Waals surface area contributed by atoms with Crippen LogP contribution in [0.5, 0.6) is 5.75 Å². The first-order valence-corrected chi connectivity index (χ1v) is 8.14. The molecule has 2 aromatic carbocycles. The molecule has 0 spiro atoms. The standard InChI is InChI=1S/C19H14F3NO4/c1-2-6-15(24)27-16-13(19(20,21)22)9-5-10-14(16)23-17(25)11-7-3-4-8-12(11)18(23)26/h3-5,7-10H,2,6H2,1H3. The van der Waals surface area contributed by atoms with Crippen LogP contribution in [-0.4, -0.2) is 17.8 Å². The molecule has 2 aromatic rings. The fourth-order valence-corrected chi connectivity index (χ4v) is 2.81. The van der Waals surface area contributed by atoms with Crippen LogP contribution in [0, 0.1) is 0 Å². The molecule has 1 aliphatic heterocycles. The summed E-state index contributed by atoms with van der Waals surface area (Å²) in [6, 6.07) is 8.84. The molecule has 0 bridgehead atoms. The zero-order valence-electron chi connectivity index (χ0n) is 14.2. The lowest BCUT2D eigenvalue weighted by atomic mass is 10.1. The molecule has 1 aliphatic rings. The second-order valence-electron chi connectivity index (χ2n) is 5.87. The van der Waals surface area contributed by atoms with Gasteiger partial charge in [-0.3, -0.25) is 14.4 Å². The van der Waals surface area contributed by atoms with Gasteiger partial charge in [0.1, 0.15) is 5.56 Å². The first kappa shape index (κ1) is 18.6. The maximum atomic E-state index is 13.4. The van der Waals surface area contributed by atoms with E-state index in [0.29, 0.717) is 11.3 Å². The Morgan fingerprint density at radius 2 is 1.59 bits per heavy atom. The molecule has 5 nitrogen and oxygen atoms in total. The van der Waals surface area contributed by atoms with Gasteiger partial charge in [0.05, 0.1) is 16.8 Å². The van der Waals surface area contributed by atoms with Gasteiger partial charge in [0.15, 0.2) is 5.75 Å². The van der Waals surface area contributed by atoms with Crippen LogP contribution in [0.25, 0.3) is 0 Å². The minimum Gasteiger partial charge on any atom is -0.424 e. The van der Waals surface area contributed by atoms with Gasteiger partial charge >= 0.3 is 12.1 Å². The number of anilines is 1. The predicted octanol–water partition coefficient (Wildman–Crippen LogP) is 4.21. The molecule has 0 fully saturated rings. The Kier molecular flexibility index (Phi) is 4.73. The molecule has 27 heavy (non-hydrogen) atoms. The highest BCUT2D eigenvalue weighted by Gasteiger charge is 2.42. The molecule has 0 aliphatic carbocycles. The molecule has 8 heteroatoms. The number of nitrogens with zero attached hydrogens (tertiary/aromatic N) is 1. The number of carbonyl (C=O) groups excluding carboxylic acids is 3. The molecule has 0 saturated heterocycles. The van der Waals surface area contributed by atoms with Crippen molar-refractivity contribution in [1.82, 2.24) is 0 Å². The average molecular weight is 377 g/mol. The van der Waals surface area contributed by atoms with Crippen LogP contribution in [0.2, 0.25) is 0 Å². The number of benzene rings is 2. The number of alkyl halides is 3. The lowest BCUT2D eigenvalue weighted by molar-refractivity contribution is -0.142. The predicted molar refractivity (Wildman–Crippen MR) is 89.6 cm³/mol. The summed E-state index contributed by atoms with van der Waals surface area (Å²) in [5, 5.41) is 0. The zero-order chi connectivity index (χ0) is 19.8. The number of ether oxygens (including phenoxy) is 1. The summed E-state index contributed by atoms with van der Waals surface area (Å²) in [6.07, 6.45) is -4.57. The van der Waals surface area contributed by atoms with Crippen LogP contribution in [0.15, 0.2) is 42.5 Å². The number of carbonyl (C=O) groups is 3. The van der Waals surface area contributed by atoms with Crippen LogP contribution >= 0.6 is 0 Å². The normalized spacial score (nSPS) is 13.7. The summed E-state index contributed by atoms with van der Waals surface area (Å²) in [5.74, 6) is -3.28. The number of amides is 2. The van der Waals surface area contributed by atoms with Gasteiger partial charge in [-0.15, -0.1) is 0 Å². The van der Waals surface area contributed by atoms with Gasteiger partial charge in [-0.2, -0.15) is 13.2 Å². The van der Waals surface area contributed by atoms with E-state index >= 15 is 0 Å². The topological polar surface area (TPSA) is 63.7 Å². The van der Waals surface area contributed by atoms with E-state index in [1.807, 2.05) is 0 Å². The molecule has 0 radical (unpaired) electrons. The number of imide groups is 1. The van der Waals surface area contributed by atoms with Crippen LogP contribution in [0.4, 0.5) is 18.9 Å². The maximum absolute atomic E-state index is 13.4. The van der Waals surface area contributed by atoms with E-state index in [0.717, 1.165) is 18.2 Å². The molecular weight excluding hydrogens is 363 g/mol. The van der Waals surface area contributed by atoms with Gasteiger partial charge in [0.2, 0.25) is 0 Å². The third kappa shape index (κ3) is 3.30. The zero-order valence-corrected chi connectivity index (χ0v) is 14.2. The number of rotatable bonds is 4. The van der Waals surface area contributed by atoms with Crippen molar-refractivity contribution in [3.05, 3.63) is 59.2 Å². The lowest BCUT2D eigenvalue weighted by Crippen LogP contribution is -2.30. The van der Waals surface area contributed by atoms with Crippen LogP contribution in [-0.2, 0) is 11.0 Å². The Hall–Kier alpha value is -3.16. The summed E-state index contributed by atoms with van der Waals surface area (Å²) < 4.78 is 45.2. The van der Waals surface area contributed by atoms with Gasteiger partial charge in [-0.25, -0.2) is 4.90 Å². The molecule has 2 amide bonds. The average Bonchev–Trinajstić information content (AvgIpc) is 2.86. The Labute approximate surface area is 152 Å². The van der Waals surface area contributed by atoms with Crippen molar-refractivity contribution in [3.63, 3.8) is 0 Å². The van der Waals surface area contributed by atoms with E-state index < -0.39 is 41.0 Å². The molecule has 0 atom stereocenters. The number of hydrogen-bond acceptors (Lipinski definition) is 4. The molecule has 1 heterocycles. The van der Waals surface area contributed by atoms with Crippen molar-refractivity contribution < 1.29 is 32.3 Å². The number of para-hydroxylation sites is 1. The summed E-state index contributed by atoms with van der Waals surface area (Å²) in [6.45, 7) is 1.67. The lowest BCUT2D eigenvalue weighted by Gasteiger charge is -2.21. The second kappa shape index (κ2) is 6.86. The van der Waals surface area contributed by atoms with Crippen molar-refractivity contribution >= 4 is 23.5 Å². The highest BCUT2D eigenvalue weighted by atomic mass is 19.4. The largest absolute Gasteiger partial charge is 0.424 e. The Bertz CT molecular complexity index is 902. The van der Waals surface area contributed by atoms with Gasteiger partial charge in [-0.05, 0) is 30.7 Å². The molecule has 0 unspecified atom stereocenters. The van der Waals surface area contributed by atoms with Crippen LogP contribution in [0.3, 0.4) is 0 Å². The summed E-state index contributed by atoms with van der Waals surface area (Å²) >= 11 is 0. The first-order chi connectivity index (χ1) is 12.8. The fraction of sp³-hybridized carbons (Fsp3) is 0.211. The third-order valence-corrected chi connectivity index (χ3v) is 4.00. The molecule has 0 aromatic heterocycles. The third-order valence-electron chi connectivity index (χ3n) is 4.00. The van der Waals surface area contributed by atoms with E-state index in [4.69, 9.17) is 4.74 Å². The summed E-state index contributed by atoms with van der Waals surface area (Å²) in [7, 11) is 0. The van der Waals surface area contributed by atoms with E-state index in [1.54, 1.807) is 19.1 Å². The van der Waals surface area contributed by atoms with Crippen molar-refractivity contribution in [1.29, 1.82) is 0 Å². The Morgan fingerprint density at radius 3 is 2.11 bits per heavy atom. The Morgan fingerprint density at radius 1 is 1.00 bits per heavy atom. The number of halogens is 3. The summed E-state index contributed by atoms with van der Waals surface area (Å²) in [5.41, 5.74) is -1.50. The second-order valence-corrected chi connectivity index (χ2v) is 5.87. The van der Waals surface area contributed by atoms with Crippen molar-refractivity contribution in [2.75, 3.05) is 4.90 Å². The number of hydrogen-bond donors (Lipinski definition) is 0. The monoisotopic (exact) mass is 377 g/mol. The van der Waals surface area contributed by atoms with E-state index in [2.05, 4.69) is 0 Å². The summed E-state index contributed by atoms with van der Waals surface area (Å²) in [4.78, 5) is 37.7. The van der Waals surface area contributed by atoms with Crippen molar-refractivity contribution in [2.24, 2.45) is 0 Å². The quantitative estimate of drug-likeness (QED) is 0.455. The first-order valence-electron chi connectivity index (χ1n) is 8.14. The van der Waals surface area contributed by atoms with E-state index in [1.165, 1.54) is 12.1 Å². The molecule has 3 rings (SSSR count). The van der Waals surface area contributed by atoms with Crippen LogP contribution in [0.1, 0.15) is 46.0 Å². The fourth-order valence-electron chi connectivity index (χ4n) is 2.81. The Balaban J connectivity index is 2.15. The molecule has 140 valence electrons. The SMILES string of the molecule is CCCC(=O)Oc1c(N2C(=O)c3ccccc3C2=O)cccc1C(F)(F)F. The maximum Gasteiger partial charge on any atom is 0.420 e. The van der Waals surface area contributed by atoms with Crippen molar-refractivity contribution in [2.45, 2.75) is 25.9 Å². The number of fused-ring (bicyclic) bond motifs is 1. The van der Waals surface area contributed by atoms with Gasteiger partial charge in [-0.1, -0.05) is 25.1 Å². The van der Waals surface area contributed by atoms with E-state index in [9.17, 15) is 27.6 Å². The molecular formula is C19H14F3NO4. The van der Waals surface area contributed by atoms with Crippen LogP contribution < -0.4 is 9.64 Å². The minimum absolute atomic E-state index is 0.0748. The highest BCUT2D eigenvalue weighted by molar-refractivity contribution is 6.34. The van der Waals surface area contributed by atoms with Gasteiger partial charge in [0, 0.05) is 6.42 Å². The number of esters is 1. The van der Waals surface area contributed by atoms with Gasteiger partial charge < -0.3 is 4.74 Å². The van der Waals surface area contributed by atoms with E-state index in [-0.39, 0.29) is 17.5 Å². The molecule has 0 saturated carbocycles. The molecule has 0 N–H and O–H groups in total. The van der Waals surface area contributed by atoms with Gasteiger partial charge in [0.25, 0.3) is 11.8 Å².